The van der Waals surface area contributed by atoms with Crippen LogP contribution in [0.4, 0.5) is 17.6 Å². The van der Waals surface area contributed by atoms with Crippen LogP contribution in [0.5, 0.6) is 5.75 Å². The van der Waals surface area contributed by atoms with E-state index in [4.69, 9.17) is 10.5 Å². The van der Waals surface area contributed by atoms with Gasteiger partial charge in [-0.2, -0.15) is 8.78 Å². The summed E-state index contributed by atoms with van der Waals surface area (Å²) in [7, 11) is 0. The molecular weight excluding hydrogens is 286 g/mol. The maximum Gasteiger partial charge on any atom is 0.203 e. The van der Waals surface area contributed by atoms with Gasteiger partial charge in [-0.15, -0.1) is 0 Å². The van der Waals surface area contributed by atoms with Gasteiger partial charge in [0.25, 0.3) is 0 Å². The third kappa shape index (κ3) is 2.20. The monoisotopic (exact) mass is 303 g/mol. The summed E-state index contributed by atoms with van der Waals surface area (Å²) >= 11 is 0. The van der Waals surface area contributed by atoms with Gasteiger partial charge in [0.1, 0.15) is 6.10 Å². The average molecular weight is 303 g/mol. The van der Waals surface area contributed by atoms with Crippen LogP contribution < -0.4 is 10.5 Å². The van der Waals surface area contributed by atoms with Gasteiger partial charge in [-0.1, -0.05) is 19.3 Å². The van der Waals surface area contributed by atoms with E-state index >= 15 is 0 Å². The van der Waals surface area contributed by atoms with Crippen LogP contribution >= 0.6 is 0 Å². The van der Waals surface area contributed by atoms with Crippen molar-refractivity contribution >= 4 is 0 Å². The number of hydrogen-bond acceptors (Lipinski definition) is 2. The first kappa shape index (κ1) is 14.6. The van der Waals surface area contributed by atoms with E-state index < -0.39 is 35.1 Å². The summed E-state index contributed by atoms with van der Waals surface area (Å²) in [6.45, 7) is 0. The molecule has 2 nitrogen and oxygen atoms in total. The predicted molar refractivity (Wildman–Crippen MR) is 68.8 cm³/mol. The lowest BCUT2D eigenvalue weighted by molar-refractivity contribution is -0.0929. The van der Waals surface area contributed by atoms with Gasteiger partial charge in [0.05, 0.1) is 0 Å². The van der Waals surface area contributed by atoms with Crippen molar-refractivity contribution in [3.63, 3.8) is 0 Å². The molecule has 2 atom stereocenters. The molecule has 6 heteroatoms. The van der Waals surface area contributed by atoms with E-state index in [1.807, 2.05) is 0 Å². The summed E-state index contributed by atoms with van der Waals surface area (Å²) in [5.74, 6) is -6.84. The minimum absolute atomic E-state index is 0.0904. The van der Waals surface area contributed by atoms with E-state index in [9.17, 15) is 17.6 Å². The summed E-state index contributed by atoms with van der Waals surface area (Å²) in [5.41, 5.74) is 5.73. The third-order valence-corrected chi connectivity index (χ3v) is 4.96. The molecule has 0 saturated heterocycles. The van der Waals surface area contributed by atoms with Crippen LogP contribution in [-0.4, -0.2) is 12.1 Å². The Balaban J connectivity index is 1.88. The Morgan fingerprint density at radius 3 is 2.10 bits per heavy atom. The van der Waals surface area contributed by atoms with Gasteiger partial charge in [0.15, 0.2) is 17.4 Å². The molecule has 0 heterocycles. The normalized spacial score (nSPS) is 27.5. The smallest absolute Gasteiger partial charge is 0.203 e. The molecule has 0 aromatic heterocycles. The second-order valence-corrected chi connectivity index (χ2v) is 6.04. The fourth-order valence-electron chi connectivity index (χ4n) is 3.64. The van der Waals surface area contributed by atoms with Crippen LogP contribution in [0.3, 0.4) is 0 Å². The minimum Gasteiger partial charge on any atom is -0.484 e. The van der Waals surface area contributed by atoms with E-state index in [-0.39, 0.29) is 17.5 Å². The van der Waals surface area contributed by atoms with Crippen LogP contribution in [0.2, 0.25) is 0 Å². The largest absolute Gasteiger partial charge is 0.484 e. The molecule has 0 amide bonds. The van der Waals surface area contributed by atoms with Crippen molar-refractivity contribution in [3.8, 4) is 5.75 Å². The van der Waals surface area contributed by atoms with Crippen LogP contribution in [0.25, 0.3) is 0 Å². The van der Waals surface area contributed by atoms with Gasteiger partial charge in [-0.05, 0) is 12.8 Å². The van der Waals surface area contributed by atoms with Crippen molar-refractivity contribution in [2.75, 3.05) is 0 Å². The van der Waals surface area contributed by atoms with Crippen LogP contribution in [0, 0.1) is 28.7 Å². The molecule has 2 fully saturated rings. The van der Waals surface area contributed by atoms with Crippen LogP contribution in [0.15, 0.2) is 6.07 Å². The van der Waals surface area contributed by atoms with E-state index in [1.165, 1.54) is 0 Å². The lowest BCUT2D eigenvalue weighted by Gasteiger charge is -2.56. The zero-order valence-electron chi connectivity index (χ0n) is 11.5. The fourth-order valence-corrected chi connectivity index (χ4v) is 3.64. The van der Waals surface area contributed by atoms with Crippen LogP contribution in [0.1, 0.15) is 38.5 Å². The second kappa shape index (κ2) is 5.16. The van der Waals surface area contributed by atoms with Crippen molar-refractivity contribution < 1.29 is 22.3 Å². The molecule has 1 spiro atoms. The molecule has 3 rings (SSSR count). The Labute approximate surface area is 120 Å². The molecule has 1 aromatic rings. The lowest BCUT2D eigenvalue weighted by Crippen LogP contribution is -2.64. The minimum atomic E-state index is -1.49. The highest BCUT2D eigenvalue weighted by Crippen LogP contribution is 2.52. The summed E-state index contributed by atoms with van der Waals surface area (Å²) < 4.78 is 59.1. The van der Waals surface area contributed by atoms with E-state index in [2.05, 4.69) is 0 Å². The predicted octanol–water partition coefficient (Wildman–Crippen LogP) is 3.67. The molecule has 2 N–H and O–H groups in total. The Morgan fingerprint density at radius 2 is 1.57 bits per heavy atom. The Bertz CT molecular complexity index is 531. The highest BCUT2D eigenvalue weighted by atomic mass is 19.2. The average Bonchev–Trinajstić information content (AvgIpc) is 2.49. The number of benzene rings is 1. The zero-order valence-corrected chi connectivity index (χ0v) is 11.5. The maximum absolute atomic E-state index is 13.7. The summed E-state index contributed by atoms with van der Waals surface area (Å²) in [5, 5.41) is 0. The molecule has 116 valence electrons. The number of halogens is 4. The second-order valence-electron chi connectivity index (χ2n) is 6.04. The number of hydrogen-bond donors (Lipinski definition) is 1. The summed E-state index contributed by atoms with van der Waals surface area (Å²) in [4.78, 5) is 0. The maximum atomic E-state index is 13.7. The molecular formula is C15H17F4NO. The van der Waals surface area contributed by atoms with Gasteiger partial charge in [0, 0.05) is 23.9 Å². The first-order chi connectivity index (χ1) is 9.95. The molecule has 2 saturated carbocycles. The molecule has 2 aliphatic carbocycles. The topological polar surface area (TPSA) is 35.2 Å². The van der Waals surface area contributed by atoms with Gasteiger partial charge >= 0.3 is 0 Å². The SMILES string of the molecule is NC1CC(Oc2c(F)c(F)cc(F)c2F)C12CCCCC2. The van der Waals surface area contributed by atoms with Crippen molar-refractivity contribution in [1.29, 1.82) is 0 Å². The van der Waals surface area contributed by atoms with E-state index in [0.717, 1.165) is 32.1 Å². The number of rotatable bonds is 2. The molecule has 0 radical (unpaired) electrons. The highest BCUT2D eigenvalue weighted by molar-refractivity contribution is 5.30. The third-order valence-electron chi connectivity index (χ3n) is 4.96. The quantitative estimate of drug-likeness (QED) is 0.668. The molecule has 2 aliphatic rings. The van der Waals surface area contributed by atoms with Crippen molar-refractivity contribution in [1.82, 2.24) is 0 Å². The van der Waals surface area contributed by atoms with Crippen LogP contribution in [-0.2, 0) is 0 Å². The van der Waals surface area contributed by atoms with Crippen molar-refractivity contribution in [2.45, 2.75) is 50.7 Å². The fraction of sp³-hybridized carbons (Fsp3) is 0.600. The van der Waals surface area contributed by atoms with E-state index in [0.29, 0.717) is 6.42 Å². The molecule has 1 aromatic carbocycles. The number of nitrogens with two attached hydrogens (primary N) is 1. The first-order valence-corrected chi connectivity index (χ1v) is 7.21. The van der Waals surface area contributed by atoms with Gasteiger partial charge < -0.3 is 10.5 Å². The van der Waals surface area contributed by atoms with Gasteiger partial charge in [0.2, 0.25) is 11.6 Å². The van der Waals surface area contributed by atoms with Gasteiger partial charge in [-0.3, -0.25) is 0 Å². The molecule has 0 aliphatic heterocycles. The standard InChI is InChI=1S/C15H17F4NO/c16-8-6-9(17)13(19)14(12(8)18)21-11-7-10(20)15(11)4-2-1-3-5-15/h6,10-11H,1-5,7,20H2. The molecule has 0 bridgehead atoms. The zero-order chi connectivity index (χ0) is 15.2. The first-order valence-electron chi connectivity index (χ1n) is 7.21. The van der Waals surface area contributed by atoms with Crippen molar-refractivity contribution in [3.05, 3.63) is 29.3 Å². The lowest BCUT2D eigenvalue weighted by atomic mass is 9.55. The Morgan fingerprint density at radius 1 is 1.00 bits per heavy atom. The highest BCUT2D eigenvalue weighted by Gasteiger charge is 2.55. The number of ether oxygens (including phenoxy) is 1. The molecule has 21 heavy (non-hydrogen) atoms. The molecule has 2 unspecified atom stereocenters. The Hall–Kier alpha value is -1.30. The van der Waals surface area contributed by atoms with E-state index in [1.54, 1.807) is 0 Å². The summed E-state index contributed by atoms with van der Waals surface area (Å²) in [6.07, 6.45) is 4.65. The van der Waals surface area contributed by atoms with Crippen molar-refractivity contribution in [2.24, 2.45) is 11.1 Å². The van der Waals surface area contributed by atoms with Gasteiger partial charge in [-0.25, -0.2) is 8.78 Å². The Kier molecular flexibility index (Phi) is 3.59. The summed E-state index contributed by atoms with van der Waals surface area (Å²) in [6, 6.07) is 0.0905.